The molecule has 0 fully saturated rings. The fourth-order valence-corrected chi connectivity index (χ4v) is 8.48. The van der Waals surface area contributed by atoms with Crippen molar-refractivity contribution in [2.45, 2.75) is 277 Å². The van der Waals surface area contributed by atoms with Crippen LogP contribution in [-0.2, 0) is 28.6 Å². The lowest BCUT2D eigenvalue weighted by Gasteiger charge is -2.18. The van der Waals surface area contributed by atoms with Crippen LogP contribution >= 0.6 is 0 Å². The van der Waals surface area contributed by atoms with Gasteiger partial charge in [0.2, 0.25) is 0 Å². The molecule has 0 saturated heterocycles. The summed E-state index contributed by atoms with van der Waals surface area (Å²) >= 11 is 0. The smallest absolute Gasteiger partial charge is 0.306 e. The maximum Gasteiger partial charge on any atom is 0.306 e. The highest BCUT2D eigenvalue weighted by Gasteiger charge is 2.19. The van der Waals surface area contributed by atoms with Crippen LogP contribution in [0.25, 0.3) is 0 Å². The summed E-state index contributed by atoms with van der Waals surface area (Å²) in [4.78, 5) is 38.3. The molecular weight excluding hydrogens is 985 g/mol. The Labute approximate surface area is 492 Å². The van der Waals surface area contributed by atoms with Gasteiger partial charge in [0, 0.05) is 19.3 Å². The van der Waals surface area contributed by atoms with Gasteiger partial charge in [-0.2, -0.15) is 0 Å². The summed E-state index contributed by atoms with van der Waals surface area (Å²) < 4.78 is 16.9. The first-order valence-corrected chi connectivity index (χ1v) is 32.5. The maximum absolute atomic E-state index is 12.9. The van der Waals surface area contributed by atoms with E-state index in [2.05, 4.69) is 179 Å². The minimum atomic E-state index is -0.807. The number of unbranched alkanes of at least 4 members (excludes halogenated alkanes) is 20. The van der Waals surface area contributed by atoms with Crippen LogP contribution in [0.4, 0.5) is 0 Å². The van der Waals surface area contributed by atoms with E-state index in [4.69, 9.17) is 14.2 Å². The third-order valence-electron chi connectivity index (χ3n) is 13.3. The molecule has 6 heteroatoms. The highest BCUT2D eigenvalue weighted by atomic mass is 16.6. The molecule has 0 bridgehead atoms. The van der Waals surface area contributed by atoms with Crippen LogP contribution in [0.3, 0.4) is 0 Å². The Morgan fingerprint density at radius 2 is 0.487 bits per heavy atom. The number of hydrogen-bond acceptors (Lipinski definition) is 6. The van der Waals surface area contributed by atoms with Gasteiger partial charge in [-0.3, -0.25) is 14.4 Å². The Balaban J connectivity index is 4.44. The topological polar surface area (TPSA) is 78.9 Å². The summed E-state index contributed by atoms with van der Waals surface area (Å²) in [5.41, 5.74) is 0. The molecular formula is C74H118O6. The number of rotatable bonds is 57. The van der Waals surface area contributed by atoms with Gasteiger partial charge in [0.15, 0.2) is 6.10 Å². The standard InChI is InChI=1S/C74H118O6/c1-4-7-10-13-16-19-22-25-27-29-31-33-35-36-37-38-40-41-43-45-47-49-52-55-58-61-64-67-73(76)79-70-71(69-78-72(75)66-63-60-57-54-51-24-21-18-15-12-9-6-3)80-74(77)68-65-62-59-56-53-50-48-46-44-42-39-34-32-30-28-26-23-20-17-14-11-8-5-2/h7-8,10-11,16-17,19-20,25-28,31-34,36-37,40-42,44-45,47-48,50,71H,4-6,9,12-15,18,21-24,29-30,35,38-39,43,46,49,51-70H2,1-3H3/b10-7-,11-8-,19-16-,20-17-,27-25-,28-26-,33-31-,34-32-,37-36-,41-40-,44-42-,47-45-,50-48-. The van der Waals surface area contributed by atoms with E-state index in [1.165, 1.54) is 57.8 Å². The van der Waals surface area contributed by atoms with Crippen LogP contribution < -0.4 is 0 Å². The zero-order chi connectivity index (χ0) is 57.8. The Bertz CT molecular complexity index is 1790. The third-order valence-corrected chi connectivity index (χ3v) is 13.3. The van der Waals surface area contributed by atoms with Gasteiger partial charge in [0.25, 0.3) is 0 Å². The van der Waals surface area contributed by atoms with Gasteiger partial charge in [-0.05, 0) is 128 Å². The van der Waals surface area contributed by atoms with Crippen LogP contribution in [0.5, 0.6) is 0 Å². The fourth-order valence-electron chi connectivity index (χ4n) is 8.48. The molecule has 1 atom stereocenters. The molecule has 0 radical (unpaired) electrons. The van der Waals surface area contributed by atoms with Crippen molar-refractivity contribution in [1.82, 2.24) is 0 Å². The number of ether oxygens (including phenoxy) is 3. The second-order valence-electron chi connectivity index (χ2n) is 20.9. The summed E-state index contributed by atoms with van der Waals surface area (Å²) in [6, 6.07) is 0. The second kappa shape index (κ2) is 66.5. The van der Waals surface area contributed by atoms with E-state index in [9.17, 15) is 14.4 Å². The molecule has 0 rings (SSSR count). The summed E-state index contributed by atoms with van der Waals surface area (Å²) in [6.07, 6.45) is 96.7. The lowest BCUT2D eigenvalue weighted by molar-refractivity contribution is -0.167. The van der Waals surface area contributed by atoms with Crippen molar-refractivity contribution in [3.05, 3.63) is 158 Å². The van der Waals surface area contributed by atoms with E-state index >= 15 is 0 Å². The van der Waals surface area contributed by atoms with E-state index in [0.29, 0.717) is 12.8 Å². The van der Waals surface area contributed by atoms with E-state index in [0.717, 1.165) is 173 Å². The minimum Gasteiger partial charge on any atom is -0.462 e. The van der Waals surface area contributed by atoms with Crippen LogP contribution in [-0.4, -0.2) is 37.2 Å². The monoisotopic (exact) mass is 1100 g/mol. The van der Waals surface area contributed by atoms with Gasteiger partial charge in [-0.15, -0.1) is 0 Å². The first kappa shape index (κ1) is 75.0. The van der Waals surface area contributed by atoms with E-state index < -0.39 is 6.10 Å². The molecule has 0 aliphatic heterocycles. The van der Waals surface area contributed by atoms with Gasteiger partial charge in [-0.25, -0.2) is 0 Å². The highest BCUT2D eigenvalue weighted by molar-refractivity contribution is 5.71. The number of carbonyl (C=O) groups is 3. The van der Waals surface area contributed by atoms with E-state index in [1.807, 2.05) is 0 Å². The zero-order valence-corrected chi connectivity index (χ0v) is 51.5. The van der Waals surface area contributed by atoms with Crippen molar-refractivity contribution < 1.29 is 28.6 Å². The Hall–Kier alpha value is -4.97. The third kappa shape index (κ3) is 63.9. The predicted octanol–water partition coefficient (Wildman–Crippen LogP) is 22.5. The summed E-state index contributed by atoms with van der Waals surface area (Å²) in [7, 11) is 0. The van der Waals surface area contributed by atoms with Crippen LogP contribution in [0.15, 0.2) is 158 Å². The molecule has 450 valence electrons. The molecule has 0 aliphatic carbocycles. The average molecular weight is 1100 g/mol. The number of allylic oxidation sites excluding steroid dienone is 26. The Kier molecular flexibility index (Phi) is 62.4. The van der Waals surface area contributed by atoms with Gasteiger partial charge < -0.3 is 14.2 Å². The largest absolute Gasteiger partial charge is 0.462 e. The Morgan fingerprint density at radius 3 is 0.762 bits per heavy atom. The van der Waals surface area contributed by atoms with E-state index in [-0.39, 0.29) is 37.5 Å². The summed E-state index contributed by atoms with van der Waals surface area (Å²) in [5, 5.41) is 0. The van der Waals surface area contributed by atoms with Crippen molar-refractivity contribution in [1.29, 1.82) is 0 Å². The normalized spacial score (nSPS) is 13.2. The molecule has 80 heavy (non-hydrogen) atoms. The lowest BCUT2D eigenvalue weighted by atomic mass is 10.0. The minimum absolute atomic E-state index is 0.0993. The quantitative estimate of drug-likeness (QED) is 0.0261. The highest BCUT2D eigenvalue weighted by Crippen LogP contribution is 2.15. The van der Waals surface area contributed by atoms with Gasteiger partial charge >= 0.3 is 17.9 Å². The molecule has 0 spiro atoms. The molecule has 0 saturated carbocycles. The van der Waals surface area contributed by atoms with E-state index in [1.54, 1.807) is 0 Å². The van der Waals surface area contributed by atoms with Gasteiger partial charge in [-0.1, -0.05) is 281 Å². The zero-order valence-electron chi connectivity index (χ0n) is 51.5. The molecule has 0 N–H and O–H groups in total. The lowest BCUT2D eigenvalue weighted by Crippen LogP contribution is -2.30. The molecule has 0 heterocycles. The second-order valence-corrected chi connectivity index (χ2v) is 20.9. The first-order valence-electron chi connectivity index (χ1n) is 32.5. The van der Waals surface area contributed by atoms with Crippen LogP contribution in [0, 0.1) is 0 Å². The SMILES string of the molecule is CC/C=C\C/C=C\C/C=C\C/C=C\C/C=C\C/C=C\C/C=C\CCCCCCCC(=O)OCC(COC(=O)CCCCCCCCCCCCCC)OC(=O)CCCCCC/C=C\C/C=C\C/C=C\C/C=C\C/C=C\C/C=C\CC. The molecule has 6 nitrogen and oxygen atoms in total. The van der Waals surface area contributed by atoms with Gasteiger partial charge in [0.05, 0.1) is 0 Å². The molecule has 0 aromatic heterocycles. The fraction of sp³-hybridized carbons (Fsp3) is 0.608. The van der Waals surface area contributed by atoms with Crippen LogP contribution in [0.1, 0.15) is 271 Å². The van der Waals surface area contributed by atoms with Crippen molar-refractivity contribution in [2.75, 3.05) is 13.2 Å². The van der Waals surface area contributed by atoms with Crippen molar-refractivity contribution >= 4 is 17.9 Å². The van der Waals surface area contributed by atoms with Crippen molar-refractivity contribution in [2.24, 2.45) is 0 Å². The van der Waals surface area contributed by atoms with Gasteiger partial charge in [0.1, 0.15) is 13.2 Å². The first-order chi connectivity index (χ1) is 39.5. The average Bonchev–Trinajstić information content (AvgIpc) is 3.46. The van der Waals surface area contributed by atoms with Crippen LogP contribution in [0.2, 0.25) is 0 Å². The van der Waals surface area contributed by atoms with Crippen molar-refractivity contribution in [3.63, 3.8) is 0 Å². The Morgan fingerprint density at radius 1 is 0.263 bits per heavy atom. The predicted molar refractivity (Wildman–Crippen MR) is 348 cm³/mol. The number of hydrogen-bond donors (Lipinski definition) is 0. The number of esters is 3. The molecule has 0 aromatic carbocycles. The van der Waals surface area contributed by atoms with Crippen molar-refractivity contribution in [3.8, 4) is 0 Å². The molecule has 0 aromatic rings. The molecule has 1 unspecified atom stereocenters. The maximum atomic E-state index is 12.9. The molecule has 0 aliphatic rings. The summed E-state index contributed by atoms with van der Waals surface area (Å²) in [6.45, 7) is 6.37. The molecule has 0 amide bonds. The number of carbonyl (C=O) groups excluding carboxylic acids is 3. The summed E-state index contributed by atoms with van der Waals surface area (Å²) in [5.74, 6) is -0.946.